The molecule has 0 spiro atoms. The van der Waals surface area contributed by atoms with Crippen molar-refractivity contribution in [3.8, 4) is 0 Å². The van der Waals surface area contributed by atoms with E-state index in [2.05, 4.69) is 16.0 Å². The highest BCUT2D eigenvalue weighted by molar-refractivity contribution is 7.92. The molecule has 2 atom stereocenters. The molecule has 2 aliphatic rings. The molecular formula is C11H21N3O3S. The van der Waals surface area contributed by atoms with Crippen LogP contribution in [0.15, 0.2) is 0 Å². The van der Waals surface area contributed by atoms with Crippen LogP contribution >= 0.6 is 0 Å². The van der Waals surface area contributed by atoms with E-state index in [1.165, 1.54) is 0 Å². The fourth-order valence-corrected chi connectivity index (χ4v) is 4.14. The van der Waals surface area contributed by atoms with E-state index >= 15 is 0 Å². The van der Waals surface area contributed by atoms with Crippen molar-refractivity contribution in [3.63, 3.8) is 0 Å². The molecule has 0 aromatic heterocycles. The molecule has 0 aliphatic carbocycles. The van der Waals surface area contributed by atoms with Crippen molar-refractivity contribution >= 4 is 15.9 Å². The minimum Gasteiger partial charge on any atom is -0.334 e. The first-order chi connectivity index (χ1) is 8.58. The molecule has 0 radical (unpaired) electrons. The zero-order valence-corrected chi connectivity index (χ0v) is 11.3. The van der Waals surface area contributed by atoms with E-state index in [1.54, 1.807) is 0 Å². The first kappa shape index (κ1) is 13.6. The second-order valence-corrected chi connectivity index (χ2v) is 7.32. The van der Waals surface area contributed by atoms with Gasteiger partial charge < -0.3 is 16.0 Å². The van der Waals surface area contributed by atoms with Gasteiger partial charge in [-0.1, -0.05) is 6.42 Å². The topological polar surface area (TPSA) is 87.3 Å². The molecule has 0 aromatic rings. The fourth-order valence-electron chi connectivity index (χ4n) is 2.47. The van der Waals surface area contributed by atoms with Crippen LogP contribution in [-0.2, 0) is 9.84 Å². The fraction of sp³-hybridized carbons (Fsp3) is 0.909. The van der Waals surface area contributed by atoms with Crippen molar-refractivity contribution in [3.05, 3.63) is 0 Å². The number of amides is 2. The van der Waals surface area contributed by atoms with Crippen LogP contribution in [0.4, 0.5) is 4.79 Å². The molecule has 2 fully saturated rings. The highest BCUT2D eigenvalue weighted by Gasteiger charge is 2.32. The number of nitrogens with one attached hydrogen (secondary N) is 3. The van der Waals surface area contributed by atoms with Gasteiger partial charge in [-0.15, -0.1) is 0 Å². The Bertz CT molecular complexity index is 388. The lowest BCUT2D eigenvalue weighted by molar-refractivity contribution is 0.235. The van der Waals surface area contributed by atoms with E-state index in [9.17, 15) is 13.2 Å². The number of rotatable bonds is 2. The Morgan fingerprint density at radius 3 is 2.67 bits per heavy atom. The molecule has 3 N–H and O–H groups in total. The third-order valence-electron chi connectivity index (χ3n) is 3.50. The molecule has 2 heterocycles. The molecule has 0 aromatic carbocycles. The van der Waals surface area contributed by atoms with Gasteiger partial charge >= 0.3 is 6.03 Å². The molecule has 6 nitrogen and oxygen atoms in total. The first-order valence-electron chi connectivity index (χ1n) is 6.57. The van der Waals surface area contributed by atoms with E-state index in [0.717, 1.165) is 32.4 Å². The van der Waals surface area contributed by atoms with Crippen LogP contribution < -0.4 is 16.0 Å². The minimum atomic E-state index is -3.12. The van der Waals surface area contributed by atoms with Crippen molar-refractivity contribution in [2.24, 2.45) is 0 Å². The summed E-state index contributed by atoms with van der Waals surface area (Å²) < 4.78 is 23.2. The highest BCUT2D eigenvalue weighted by Crippen LogP contribution is 2.17. The maximum Gasteiger partial charge on any atom is 0.316 e. The van der Waals surface area contributed by atoms with E-state index in [1.807, 2.05) is 0 Å². The third kappa shape index (κ3) is 3.58. The molecule has 2 rings (SSSR count). The van der Waals surface area contributed by atoms with Crippen LogP contribution in [0, 0.1) is 0 Å². The van der Waals surface area contributed by atoms with Crippen LogP contribution in [0.1, 0.15) is 32.1 Å². The molecular weight excluding hydrogens is 254 g/mol. The lowest BCUT2D eigenvalue weighted by atomic mass is 10.1. The number of carbonyl (C=O) groups excluding carboxylic acids is 1. The summed E-state index contributed by atoms with van der Waals surface area (Å²) in [6, 6.07) is -0.268. The summed E-state index contributed by atoms with van der Waals surface area (Å²) in [4.78, 5) is 11.8. The van der Waals surface area contributed by atoms with Crippen LogP contribution in [0.25, 0.3) is 0 Å². The summed E-state index contributed by atoms with van der Waals surface area (Å²) in [6.45, 7) is 1.74. The predicted octanol–water partition coefficient (Wildman–Crippen LogP) is -0.0376. The van der Waals surface area contributed by atoms with Crippen LogP contribution in [0.2, 0.25) is 0 Å². The van der Waals surface area contributed by atoms with Crippen molar-refractivity contribution < 1.29 is 13.2 Å². The second-order valence-electron chi connectivity index (χ2n) is 5.01. The van der Waals surface area contributed by atoms with Gasteiger partial charge in [0.05, 0.1) is 5.75 Å². The van der Waals surface area contributed by atoms with Gasteiger partial charge in [-0.2, -0.15) is 0 Å². The van der Waals surface area contributed by atoms with Gasteiger partial charge in [-0.3, -0.25) is 0 Å². The zero-order valence-electron chi connectivity index (χ0n) is 10.4. The third-order valence-corrected chi connectivity index (χ3v) is 5.58. The highest BCUT2D eigenvalue weighted by atomic mass is 32.2. The average molecular weight is 275 g/mol. The van der Waals surface area contributed by atoms with Gasteiger partial charge in [0.1, 0.15) is 5.37 Å². The maximum absolute atomic E-state index is 11.8. The van der Waals surface area contributed by atoms with Gasteiger partial charge in [-0.05, 0) is 32.2 Å². The number of hydrogen-bond donors (Lipinski definition) is 3. The largest absolute Gasteiger partial charge is 0.334 e. The molecule has 18 heavy (non-hydrogen) atoms. The molecule has 0 bridgehead atoms. The van der Waals surface area contributed by atoms with Crippen LogP contribution in [0.5, 0.6) is 0 Å². The maximum atomic E-state index is 11.8. The lowest BCUT2D eigenvalue weighted by Gasteiger charge is -2.19. The SMILES string of the molecule is O=C(NC1CCCCNC1)NC1CCCS1(=O)=O. The summed E-state index contributed by atoms with van der Waals surface area (Å²) in [6.07, 6.45) is 4.31. The number of sulfone groups is 1. The van der Waals surface area contributed by atoms with Crippen molar-refractivity contribution in [1.82, 2.24) is 16.0 Å². The van der Waals surface area contributed by atoms with E-state index in [0.29, 0.717) is 12.8 Å². The zero-order chi connectivity index (χ0) is 13.0. The predicted molar refractivity (Wildman–Crippen MR) is 69.0 cm³/mol. The summed E-state index contributed by atoms with van der Waals surface area (Å²) in [5, 5.41) is 7.97. The minimum absolute atomic E-state index is 0.0941. The Labute approximate surface area is 108 Å². The quantitative estimate of drug-likeness (QED) is 0.660. The van der Waals surface area contributed by atoms with Gasteiger partial charge in [-0.25, -0.2) is 13.2 Å². The monoisotopic (exact) mass is 275 g/mol. The van der Waals surface area contributed by atoms with Gasteiger partial charge in [0, 0.05) is 12.6 Å². The Morgan fingerprint density at radius 2 is 1.94 bits per heavy atom. The number of urea groups is 1. The Balaban J connectivity index is 1.81. The van der Waals surface area contributed by atoms with E-state index in [4.69, 9.17) is 0 Å². The average Bonchev–Trinajstić information content (AvgIpc) is 2.54. The lowest BCUT2D eigenvalue weighted by Crippen LogP contribution is -2.49. The van der Waals surface area contributed by atoms with Crippen molar-refractivity contribution in [2.75, 3.05) is 18.8 Å². The van der Waals surface area contributed by atoms with Gasteiger partial charge in [0.25, 0.3) is 0 Å². The van der Waals surface area contributed by atoms with Crippen molar-refractivity contribution in [2.45, 2.75) is 43.5 Å². The summed E-state index contributed by atoms with van der Waals surface area (Å²) in [5.41, 5.74) is 0. The molecule has 0 saturated carbocycles. The molecule has 104 valence electrons. The second kappa shape index (κ2) is 5.88. The number of carbonyl (C=O) groups is 1. The smallest absolute Gasteiger partial charge is 0.316 e. The molecule has 2 amide bonds. The van der Waals surface area contributed by atoms with Crippen LogP contribution in [0.3, 0.4) is 0 Å². The Morgan fingerprint density at radius 1 is 1.11 bits per heavy atom. The summed E-state index contributed by atoms with van der Waals surface area (Å²) >= 11 is 0. The van der Waals surface area contributed by atoms with Crippen molar-refractivity contribution in [1.29, 1.82) is 0 Å². The molecule has 2 aliphatic heterocycles. The van der Waals surface area contributed by atoms with Crippen LogP contribution in [-0.4, -0.2) is 44.7 Å². The Kier molecular flexibility index (Phi) is 4.45. The Hall–Kier alpha value is -0.820. The first-order valence-corrected chi connectivity index (χ1v) is 8.29. The summed E-state index contributed by atoms with van der Waals surface area (Å²) in [7, 11) is -3.12. The molecule has 2 saturated heterocycles. The normalized spacial score (nSPS) is 31.6. The molecule has 7 heteroatoms. The van der Waals surface area contributed by atoms with E-state index < -0.39 is 15.2 Å². The summed E-state index contributed by atoms with van der Waals surface area (Å²) in [5.74, 6) is 0.183. The standard InChI is InChI=1S/C11H21N3O3S/c15-11(13-9-4-1-2-6-12-8-9)14-10-5-3-7-18(10,16)17/h9-10,12H,1-8H2,(H2,13,14,15). The van der Waals surface area contributed by atoms with Gasteiger partial charge in [0.15, 0.2) is 9.84 Å². The molecule has 2 unspecified atom stereocenters. The van der Waals surface area contributed by atoms with E-state index in [-0.39, 0.29) is 17.8 Å². The van der Waals surface area contributed by atoms with Gasteiger partial charge in [0.2, 0.25) is 0 Å². The number of hydrogen-bond acceptors (Lipinski definition) is 4.